The molecule has 1 aliphatic rings. The summed E-state index contributed by atoms with van der Waals surface area (Å²) >= 11 is 7.46. The van der Waals surface area contributed by atoms with Gasteiger partial charge in [-0.25, -0.2) is 0 Å². The molecule has 1 N–H and O–H groups in total. The third-order valence-electron chi connectivity index (χ3n) is 4.52. The molecule has 8 heteroatoms. The third-order valence-corrected chi connectivity index (χ3v) is 5.87. The number of carbonyl (C=O) groups excluding carboxylic acids is 2. The van der Waals surface area contributed by atoms with E-state index in [1.54, 1.807) is 10.6 Å². The summed E-state index contributed by atoms with van der Waals surface area (Å²) in [7, 11) is 1.83. The Morgan fingerprint density at radius 3 is 2.69 bits per heavy atom. The monoisotopic (exact) mass is 392 g/mol. The highest BCUT2D eigenvalue weighted by Gasteiger charge is 2.23. The number of nitrogens with one attached hydrogen (secondary N) is 1. The summed E-state index contributed by atoms with van der Waals surface area (Å²) in [5.41, 5.74) is 0.785. The predicted octanol–water partition coefficient (Wildman–Crippen LogP) is 3.45. The molecule has 0 bridgehead atoms. The van der Waals surface area contributed by atoms with E-state index in [0.717, 1.165) is 31.2 Å². The molecule has 1 aromatic carbocycles. The normalized spacial score (nSPS) is 15.0. The molecule has 6 nitrogen and oxygen atoms in total. The van der Waals surface area contributed by atoms with Gasteiger partial charge in [-0.2, -0.15) is 0 Å². The number of thioether (sulfide) groups is 1. The SMILES string of the molecule is Cn1c(SCC(=O)NC(=O)C2CCCCC2)nnc1-c1ccccc1Cl. The minimum Gasteiger partial charge on any atom is -0.305 e. The zero-order chi connectivity index (χ0) is 18.5. The maximum atomic E-state index is 12.1. The highest BCUT2D eigenvalue weighted by atomic mass is 35.5. The Balaban J connectivity index is 1.57. The Bertz CT molecular complexity index is 802. The van der Waals surface area contributed by atoms with Crippen LogP contribution >= 0.6 is 23.4 Å². The third kappa shape index (κ3) is 4.45. The van der Waals surface area contributed by atoms with Gasteiger partial charge in [0.2, 0.25) is 11.8 Å². The van der Waals surface area contributed by atoms with Crippen LogP contribution in [0.5, 0.6) is 0 Å². The molecule has 26 heavy (non-hydrogen) atoms. The molecule has 1 fully saturated rings. The first-order chi connectivity index (χ1) is 12.6. The molecule has 3 rings (SSSR count). The van der Waals surface area contributed by atoms with Gasteiger partial charge < -0.3 is 4.57 Å². The molecule has 1 saturated carbocycles. The van der Waals surface area contributed by atoms with Crippen molar-refractivity contribution < 1.29 is 9.59 Å². The lowest BCUT2D eigenvalue weighted by Gasteiger charge is -2.20. The van der Waals surface area contributed by atoms with Crippen molar-refractivity contribution in [2.24, 2.45) is 13.0 Å². The zero-order valence-corrected chi connectivity index (χ0v) is 16.1. The van der Waals surface area contributed by atoms with Crippen molar-refractivity contribution in [2.75, 3.05) is 5.75 Å². The molecule has 2 aromatic rings. The lowest BCUT2D eigenvalue weighted by atomic mass is 9.89. The van der Waals surface area contributed by atoms with Crippen LogP contribution in [-0.4, -0.2) is 32.3 Å². The Hall–Kier alpha value is -1.86. The molecule has 138 valence electrons. The second-order valence-corrected chi connectivity index (χ2v) is 7.73. The fourth-order valence-corrected chi connectivity index (χ4v) is 4.02. The van der Waals surface area contributed by atoms with Crippen LogP contribution in [0.4, 0.5) is 0 Å². The van der Waals surface area contributed by atoms with Crippen LogP contribution in [-0.2, 0) is 16.6 Å². The molecular weight excluding hydrogens is 372 g/mol. The molecule has 0 atom stereocenters. The predicted molar refractivity (Wildman–Crippen MR) is 102 cm³/mol. The van der Waals surface area contributed by atoms with Crippen LogP contribution in [0.1, 0.15) is 32.1 Å². The first-order valence-corrected chi connectivity index (χ1v) is 10.0. The Labute approximate surface area is 161 Å². The van der Waals surface area contributed by atoms with E-state index < -0.39 is 0 Å². The molecule has 2 amide bonds. The van der Waals surface area contributed by atoms with Crippen molar-refractivity contribution >= 4 is 35.2 Å². The fourth-order valence-electron chi connectivity index (χ4n) is 3.09. The number of carbonyl (C=O) groups is 2. The summed E-state index contributed by atoms with van der Waals surface area (Å²) in [4.78, 5) is 24.2. The Kier molecular flexibility index (Phi) is 6.32. The van der Waals surface area contributed by atoms with E-state index in [0.29, 0.717) is 16.0 Å². The molecule has 0 radical (unpaired) electrons. The van der Waals surface area contributed by atoms with Crippen LogP contribution < -0.4 is 5.32 Å². The quantitative estimate of drug-likeness (QED) is 0.788. The molecule has 1 heterocycles. The molecule has 0 unspecified atom stereocenters. The van der Waals surface area contributed by atoms with Gasteiger partial charge in [0.05, 0.1) is 10.8 Å². The average Bonchev–Trinajstić information content (AvgIpc) is 3.01. The van der Waals surface area contributed by atoms with Gasteiger partial charge in [-0.1, -0.05) is 54.8 Å². The minimum absolute atomic E-state index is 0.0284. The van der Waals surface area contributed by atoms with Crippen molar-refractivity contribution in [3.63, 3.8) is 0 Å². The summed E-state index contributed by atoms with van der Waals surface area (Å²) in [5, 5.41) is 12.0. The molecule has 1 aliphatic carbocycles. The summed E-state index contributed by atoms with van der Waals surface area (Å²) in [6.45, 7) is 0. The summed E-state index contributed by atoms with van der Waals surface area (Å²) in [6.07, 6.45) is 5.04. The number of nitrogens with zero attached hydrogens (tertiary/aromatic N) is 3. The standard InChI is InChI=1S/C18H21ClN4O2S/c1-23-16(13-9-5-6-10-14(13)19)21-22-18(23)26-11-15(24)20-17(25)12-7-3-2-4-8-12/h5-6,9-10,12H,2-4,7-8,11H2,1H3,(H,20,24,25). The smallest absolute Gasteiger partial charge is 0.237 e. The number of aromatic nitrogens is 3. The van der Waals surface area contributed by atoms with E-state index in [9.17, 15) is 9.59 Å². The van der Waals surface area contributed by atoms with Gasteiger partial charge in [0, 0.05) is 18.5 Å². The van der Waals surface area contributed by atoms with Crippen LogP contribution in [0.25, 0.3) is 11.4 Å². The van der Waals surface area contributed by atoms with Crippen LogP contribution in [0.3, 0.4) is 0 Å². The van der Waals surface area contributed by atoms with E-state index in [2.05, 4.69) is 15.5 Å². The van der Waals surface area contributed by atoms with Crippen molar-refractivity contribution in [2.45, 2.75) is 37.3 Å². The summed E-state index contributed by atoms with van der Waals surface area (Å²) in [5.74, 6) is 0.279. The van der Waals surface area contributed by atoms with Gasteiger partial charge >= 0.3 is 0 Å². The first kappa shape index (κ1) is 18.9. The van der Waals surface area contributed by atoms with Crippen molar-refractivity contribution in [1.82, 2.24) is 20.1 Å². The maximum absolute atomic E-state index is 12.1. The molecule has 0 spiro atoms. The van der Waals surface area contributed by atoms with Gasteiger partial charge in [-0.3, -0.25) is 14.9 Å². The number of halogens is 1. The lowest BCUT2D eigenvalue weighted by molar-refractivity contribution is -0.132. The van der Waals surface area contributed by atoms with Crippen molar-refractivity contribution in [3.8, 4) is 11.4 Å². The Morgan fingerprint density at radius 1 is 1.23 bits per heavy atom. The minimum atomic E-state index is -0.298. The van der Waals surface area contributed by atoms with E-state index in [1.165, 1.54) is 18.2 Å². The maximum Gasteiger partial charge on any atom is 0.237 e. The second kappa shape index (κ2) is 8.68. The zero-order valence-electron chi connectivity index (χ0n) is 14.6. The number of benzene rings is 1. The number of amides is 2. The van der Waals surface area contributed by atoms with E-state index in [4.69, 9.17) is 11.6 Å². The van der Waals surface area contributed by atoms with Gasteiger partial charge in [-0.15, -0.1) is 10.2 Å². The summed E-state index contributed by atoms with van der Waals surface area (Å²) < 4.78 is 1.79. The van der Waals surface area contributed by atoms with E-state index in [-0.39, 0.29) is 23.5 Å². The average molecular weight is 393 g/mol. The van der Waals surface area contributed by atoms with E-state index >= 15 is 0 Å². The van der Waals surface area contributed by atoms with Gasteiger partial charge in [0.1, 0.15) is 0 Å². The lowest BCUT2D eigenvalue weighted by Crippen LogP contribution is -2.37. The number of hydrogen-bond acceptors (Lipinski definition) is 5. The summed E-state index contributed by atoms with van der Waals surface area (Å²) in [6, 6.07) is 7.40. The molecule has 0 saturated heterocycles. The molecular formula is C18H21ClN4O2S. The van der Waals surface area contributed by atoms with Crippen LogP contribution in [0.2, 0.25) is 5.02 Å². The highest BCUT2D eigenvalue weighted by molar-refractivity contribution is 7.99. The molecule has 0 aliphatic heterocycles. The fraction of sp³-hybridized carbons (Fsp3) is 0.444. The van der Waals surface area contributed by atoms with Gasteiger partial charge in [0.25, 0.3) is 0 Å². The topological polar surface area (TPSA) is 76.9 Å². The second-order valence-electron chi connectivity index (χ2n) is 6.38. The molecule has 1 aromatic heterocycles. The van der Waals surface area contributed by atoms with E-state index in [1.807, 2.05) is 25.2 Å². The Morgan fingerprint density at radius 2 is 1.96 bits per heavy atom. The number of imide groups is 1. The van der Waals surface area contributed by atoms with Gasteiger partial charge in [0.15, 0.2) is 11.0 Å². The highest BCUT2D eigenvalue weighted by Crippen LogP contribution is 2.28. The van der Waals surface area contributed by atoms with Crippen LogP contribution in [0, 0.1) is 5.92 Å². The van der Waals surface area contributed by atoms with Crippen molar-refractivity contribution in [1.29, 1.82) is 0 Å². The number of hydrogen-bond donors (Lipinski definition) is 1. The first-order valence-electron chi connectivity index (χ1n) is 8.67. The van der Waals surface area contributed by atoms with Gasteiger partial charge in [-0.05, 0) is 25.0 Å². The number of rotatable bonds is 5. The van der Waals surface area contributed by atoms with Crippen LogP contribution in [0.15, 0.2) is 29.4 Å². The van der Waals surface area contributed by atoms with Crippen molar-refractivity contribution in [3.05, 3.63) is 29.3 Å². The largest absolute Gasteiger partial charge is 0.305 e.